The van der Waals surface area contributed by atoms with E-state index < -0.39 is 11.7 Å². The van der Waals surface area contributed by atoms with Crippen molar-refractivity contribution in [3.63, 3.8) is 0 Å². The second kappa shape index (κ2) is 5.14. The molecule has 0 radical (unpaired) electrons. The summed E-state index contributed by atoms with van der Waals surface area (Å²) in [5.41, 5.74) is 0.749. The van der Waals surface area contributed by atoms with E-state index in [-0.39, 0.29) is 5.56 Å². The molecule has 2 nitrogen and oxygen atoms in total. The van der Waals surface area contributed by atoms with Crippen molar-refractivity contribution in [3.05, 3.63) is 59.7 Å². The first kappa shape index (κ1) is 13.1. The van der Waals surface area contributed by atoms with Crippen LogP contribution in [0.4, 0.5) is 13.2 Å². The average molecular weight is 264 g/mol. The molecule has 98 valence electrons. The Morgan fingerprint density at radius 1 is 0.947 bits per heavy atom. The van der Waals surface area contributed by atoms with Crippen LogP contribution < -0.4 is 5.84 Å². The topological polar surface area (TPSA) is 38.4 Å². The van der Waals surface area contributed by atoms with Gasteiger partial charge in [-0.15, -0.1) is 0 Å². The Morgan fingerprint density at radius 3 is 2.16 bits per heavy atom. The summed E-state index contributed by atoms with van der Waals surface area (Å²) in [5, 5.41) is 3.36. The van der Waals surface area contributed by atoms with Gasteiger partial charge in [0.2, 0.25) is 0 Å². The molecule has 2 aromatic rings. The number of hydrogen-bond acceptors (Lipinski definition) is 2. The third-order valence-electron chi connectivity index (χ3n) is 2.68. The van der Waals surface area contributed by atoms with Crippen molar-refractivity contribution in [1.82, 2.24) is 0 Å². The van der Waals surface area contributed by atoms with Crippen molar-refractivity contribution in [3.8, 4) is 11.1 Å². The molecule has 0 bridgehead atoms. The van der Waals surface area contributed by atoms with Crippen LogP contribution >= 0.6 is 0 Å². The van der Waals surface area contributed by atoms with Gasteiger partial charge in [-0.05, 0) is 22.8 Å². The first-order chi connectivity index (χ1) is 9.02. The molecule has 0 aliphatic carbocycles. The molecule has 0 spiro atoms. The second-order valence-corrected chi connectivity index (χ2v) is 3.94. The van der Waals surface area contributed by atoms with Crippen LogP contribution in [0.3, 0.4) is 0 Å². The Kier molecular flexibility index (Phi) is 3.55. The number of halogens is 3. The zero-order valence-electron chi connectivity index (χ0n) is 9.85. The standard InChI is InChI=1S/C14H11F3N2/c15-14(16,17)13-4-2-1-3-12(13)11-7-5-10(6-8-11)9-19-18/h1-9H,18H2. The van der Waals surface area contributed by atoms with E-state index in [0.717, 1.165) is 11.6 Å². The lowest BCUT2D eigenvalue weighted by atomic mass is 9.98. The summed E-state index contributed by atoms with van der Waals surface area (Å²) in [4.78, 5) is 0. The van der Waals surface area contributed by atoms with E-state index in [1.807, 2.05) is 0 Å². The summed E-state index contributed by atoms with van der Waals surface area (Å²) in [6.45, 7) is 0. The van der Waals surface area contributed by atoms with Gasteiger partial charge in [0, 0.05) is 0 Å². The number of rotatable bonds is 2. The summed E-state index contributed by atoms with van der Waals surface area (Å²) in [6.07, 6.45) is -2.94. The Balaban J connectivity index is 2.47. The second-order valence-electron chi connectivity index (χ2n) is 3.94. The predicted molar refractivity (Wildman–Crippen MR) is 68.7 cm³/mol. The van der Waals surface area contributed by atoms with Crippen LogP contribution in [0.15, 0.2) is 53.6 Å². The Labute approximate surface area is 108 Å². The van der Waals surface area contributed by atoms with Gasteiger partial charge in [0.25, 0.3) is 0 Å². The van der Waals surface area contributed by atoms with E-state index in [4.69, 9.17) is 5.84 Å². The highest BCUT2D eigenvalue weighted by Crippen LogP contribution is 2.36. The number of hydrogen-bond donors (Lipinski definition) is 1. The molecule has 0 fully saturated rings. The van der Waals surface area contributed by atoms with Gasteiger partial charge in [-0.25, -0.2) is 0 Å². The molecule has 19 heavy (non-hydrogen) atoms. The minimum Gasteiger partial charge on any atom is -0.323 e. The largest absolute Gasteiger partial charge is 0.417 e. The fourth-order valence-electron chi connectivity index (χ4n) is 1.82. The van der Waals surface area contributed by atoms with Crippen LogP contribution in [0.5, 0.6) is 0 Å². The SMILES string of the molecule is NN=Cc1ccc(-c2ccccc2C(F)(F)F)cc1. The quantitative estimate of drug-likeness (QED) is 0.501. The molecule has 0 aromatic heterocycles. The van der Waals surface area contributed by atoms with Gasteiger partial charge in [-0.2, -0.15) is 18.3 Å². The van der Waals surface area contributed by atoms with Crippen LogP contribution in [-0.4, -0.2) is 6.21 Å². The van der Waals surface area contributed by atoms with Crippen molar-refractivity contribution >= 4 is 6.21 Å². The molecule has 2 N–H and O–H groups in total. The van der Waals surface area contributed by atoms with Crippen molar-refractivity contribution < 1.29 is 13.2 Å². The maximum Gasteiger partial charge on any atom is 0.417 e. The molecule has 0 saturated carbocycles. The van der Waals surface area contributed by atoms with Crippen LogP contribution in [0, 0.1) is 0 Å². The Bertz CT molecular complexity index is 586. The molecule has 0 amide bonds. The molecule has 0 aliphatic heterocycles. The van der Waals surface area contributed by atoms with Crippen molar-refractivity contribution in [2.24, 2.45) is 10.9 Å². The summed E-state index contributed by atoms with van der Waals surface area (Å²) in [6, 6.07) is 12.0. The molecule has 2 rings (SSSR count). The zero-order valence-corrected chi connectivity index (χ0v) is 9.85. The molecular weight excluding hydrogens is 253 g/mol. The number of hydrazone groups is 1. The fraction of sp³-hybridized carbons (Fsp3) is 0.0714. The third-order valence-corrected chi connectivity index (χ3v) is 2.68. The average Bonchev–Trinajstić information content (AvgIpc) is 2.39. The summed E-state index contributed by atoms with van der Waals surface area (Å²) >= 11 is 0. The van der Waals surface area contributed by atoms with E-state index in [1.54, 1.807) is 30.3 Å². The third kappa shape index (κ3) is 2.93. The highest BCUT2D eigenvalue weighted by atomic mass is 19.4. The van der Waals surface area contributed by atoms with E-state index in [1.165, 1.54) is 18.3 Å². The van der Waals surface area contributed by atoms with E-state index in [2.05, 4.69) is 5.10 Å². The van der Waals surface area contributed by atoms with Crippen molar-refractivity contribution in [2.75, 3.05) is 0 Å². The maximum atomic E-state index is 12.9. The number of nitrogens with two attached hydrogens (primary N) is 1. The zero-order chi connectivity index (χ0) is 13.9. The van der Waals surface area contributed by atoms with Crippen LogP contribution in [0.25, 0.3) is 11.1 Å². The number of nitrogens with zero attached hydrogens (tertiary/aromatic N) is 1. The molecule has 0 heterocycles. The summed E-state index contributed by atoms with van der Waals surface area (Å²) in [7, 11) is 0. The number of benzene rings is 2. The molecular formula is C14H11F3N2. The van der Waals surface area contributed by atoms with E-state index in [9.17, 15) is 13.2 Å². The fourth-order valence-corrected chi connectivity index (χ4v) is 1.82. The van der Waals surface area contributed by atoms with Gasteiger partial charge in [0.1, 0.15) is 0 Å². The Morgan fingerprint density at radius 2 is 1.58 bits per heavy atom. The maximum absolute atomic E-state index is 12.9. The van der Waals surface area contributed by atoms with Crippen molar-refractivity contribution in [2.45, 2.75) is 6.18 Å². The minimum absolute atomic E-state index is 0.159. The van der Waals surface area contributed by atoms with Crippen LogP contribution in [0.2, 0.25) is 0 Å². The van der Waals surface area contributed by atoms with Crippen LogP contribution in [-0.2, 0) is 6.18 Å². The van der Waals surface area contributed by atoms with Crippen molar-refractivity contribution in [1.29, 1.82) is 0 Å². The van der Waals surface area contributed by atoms with E-state index >= 15 is 0 Å². The predicted octanol–water partition coefficient (Wildman–Crippen LogP) is 3.67. The van der Waals surface area contributed by atoms with Gasteiger partial charge in [-0.1, -0.05) is 42.5 Å². The molecule has 2 aromatic carbocycles. The highest BCUT2D eigenvalue weighted by molar-refractivity contribution is 5.81. The van der Waals surface area contributed by atoms with Gasteiger partial charge >= 0.3 is 6.18 Å². The lowest BCUT2D eigenvalue weighted by molar-refractivity contribution is -0.137. The molecule has 0 saturated heterocycles. The van der Waals surface area contributed by atoms with Gasteiger partial charge < -0.3 is 5.84 Å². The van der Waals surface area contributed by atoms with Crippen LogP contribution in [0.1, 0.15) is 11.1 Å². The summed E-state index contributed by atoms with van der Waals surface area (Å²) < 4.78 is 38.7. The smallest absolute Gasteiger partial charge is 0.323 e. The highest BCUT2D eigenvalue weighted by Gasteiger charge is 2.33. The normalized spacial score (nSPS) is 11.9. The first-order valence-electron chi connectivity index (χ1n) is 5.52. The lowest BCUT2D eigenvalue weighted by Crippen LogP contribution is -2.06. The Hall–Kier alpha value is -2.30. The van der Waals surface area contributed by atoms with Gasteiger partial charge in [-0.3, -0.25) is 0 Å². The van der Waals surface area contributed by atoms with Gasteiger partial charge in [0.05, 0.1) is 11.8 Å². The lowest BCUT2D eigenvalue weighted by Gasteiger charge is -2.12. The summed E-state index contributed by atoms with van der Waals surface area (Å²) in [5.74, 6) is 5.01. The molecule has 0 atom stereocenters. The molecule has 0 unspecified atom stereocenters. The first-order valence-corrected chi connectivity index (χ1v) is 5.52. The number of alkyl halides is 3. The minimum atomic E-state index is -4.37. The molecule has 0 aliphatic rings. The monoisotopic (exact) mass is 264 g/mol. The van der Waals surface area contributed by atoms with Gasteiger partial charge in [0.15, 0.2) is 0 Å². The molecule has 5 heteroatoms. The van der Waals surface area contributed by atoms with E-state index in [0.29, 0.717) is 5.56 Å².